The highest BCUT2D eigenvalue weighted by molar-refractivity contribution is 5.55. The summed E-state index contributed by atoms with van der Waals surface area (Å²) in [5.74, 6) is 1.40. The summed E-state index contributed by atoms with van der Waals surface area (Å²) < 4.78 is 10.8. The SMILES string of the molecule is COc1ccccc1Oc1cccc(C#N)c1C#N. The summed E-state index contributed by atoms with van der Waals surface area (Å²) in [6, 6.07) is 16.0. The van der Waals surface area contributed by atoms with Crippen molar-refractivity contribution in [2.45, 2.75) is 0 Å². The van der Waals surface area contributed by atoms with Crippen LogP contribution >= 0.6 is 0 Å². The minimum absolute atomic E-state index is 0.218. The largest absolute Gasteiger partial charge is 0.493 e. The first-order valence-electron chi connectivity index (χ1n) is 5.54. The van der Waals surface area contributed by atoms with Gasteiger partial charge in [0.25, 0.3) is 0 Å². The van der Waals surface area contributed by atoms with Crippen molar-refractivity contribution in [2.24, 2.45) is 0 Å². The first-order valence-corrected chi connectivity index (χ1v) is 5.54. The number of hydrogen-bond donors (Lipinski definition) is 0. The van der Waals surface area contributed by atoms with E-state index < -0.39 is 0 Å². The third-order valence-corrected chi connectivity index (χ3v) is 2.55. The molecule has 0 bridgehead atoms. The van der Waals surface area contributed by atoms with E-state index in [1.807, 2.05) is 18.2 Å². The Kier molecular flexibility index (Phi) is 3.66. The van der Waals surface area contributed by atoms with Gasteiger partial charge in [0.1, 0.15) is 23.5 Å². The summed E-state index contributed by atoms with van der Waals surface area (Å²) in [5.41, 5.74) is 0.505. The van der Waals surface area contributed by atoms with E-state index in [0.29, 0.717) is 17.2 Å². The number of ether oxygens (including phenoxy) is 2. The molecule has 19 heavy (non-hydrogen) atoms. The molecule has 0 fully saturated rings. The van der Waals surface area contributed by atoms with Crippen LogP contribution in [0.5, 0.6) is 17.2 Å². The Balaban J connectivity index is 2.45. The van der Waals surface area contributed by atoms with E-state index >= 15 is 0 Å². The highest BCUT2D eigenvalue weighted by atomic mass is 16.5. The monoisotopic (exact) mass is 250 g/mol. The van der Waals surface area contributed by atoms with Crippen LogP contribution in [0.25, 0.3) is 0 Å². The van der Waals surface area contributed by atoms with Crippen LogP contribution in [0.2, 0.25) is 0 Å². The van der Waals surface area contributed by atoms with Crippen molar-refractivity contribution in [3.8, 4) is 29.4 Å². The van der Waals surface area contributed by atoms with Crippen LogP contribution in [-0.4, -0.2) is 7.11 Å². The highest BCUT2D eigenvalue weighted by Crippen LogP contribution is 2.33. The van der Waals surface area contributed by atoms with E-state index in [2.05, 4.69) is 0 Å². The molecule has 0 aliphatic rings. The van der Waals surface area contributed by atoms with Crippen molar-refractivity contribution < 1.29 is 9.47 Å². The maximum atomic E-state index is 9.12. The molecule has 0 aliphatic carbocycles. The Hall–Kier alpha value is -2.98. The van der Waals surface area contributed by atoms with Crippen molar-refractivity contribution in [3.05, 3.63) is 53.6 Å². The third kappa shape index (κ3) is 2.48. The molecule has 92 valence electrons. The fraction of sp³-hybridized carbons (Fsp3) is 0.0667. The Morgan fingerprint density at radius 2 is 1.53 bits per heavy atom. The molecule has 0 radical (unpaired) electrons. The molecule has 2 aromatic carbocycles. The van der Waals surface area contributed by atoms with Gasteiger partial charge in [-0.3, -0.25) is 0 Å². The van der Waals surface area contributed by atoms with Gasteiger partial charge < -0.3 is 9.47 Å². The Morgan fingerprint density at radius 3 is 2.16 bits per heavy atom. The maximum absolute atomic E-state index is 9.12. The standard InChI is InChI=1S/C15H10N2O2/c1-18-14-6-2-3-7-15(14)19-13-8-4-5-11(9-16)12(13)10-17/h2-8H,1H3. The molecule has 4 nitrogen and oxygen atoms in total. The van der Waals surface area contributed by atoms with Gasteiger partial charge in [0.15, 0.2) is 11.5 Å². The van der Waals surface area contributed by atoms with Gasteiger partial charge in [-0.1, -0.05) is 18.2 Å². The number of methoxy groups -OCH3 is 1. The molecule has 0 spiro atoms. The normalized spacial score (nSPS) is 9.21. The summed E-state index contributed by atoms with van der Waals surface area (Å²) in [6.45, 7) is 0. The summed E-state index contributed by atoms with van der Waals surface area (Å²) in [6.07, 6.45) is 0. The number of benzene rings is 2. The molecule has 0 unspecified atom stereocenters. The fourth-order valence-corrected chi connectivity index (χ4v) is 1.65. The molecule has 4 heteroatoms. The second-order valence-corrected chi connectivity index (χ2v) is 3.66. The van der Waals surface area contributed by atoms with E-state index in [0.717, 1.165) is 0 Å². The average molecular weight is 250 g/mol. The van der Waals surface area contributed by atoms with E-state index in [9.17, 15) is 0 Å². The second-order valence-electron chi connectivity index (χ2n) is 3.66. The van der Waals surface area contributed by atoms with Crippen molar-refractivity contribution in [1.29, 1.82) is 10.5 Å². The molecular formula is C15H10N2O2. The topological polar surface area (TPSA) is 66.0 Å². The summed E-state index contributed by atoms with van der Waals surface area (Å²) >= 11 is 0. The molecule has 0 heterocycles. The summed E-state index contributed by atoms with van der Waals surface area (Å²) in [7, 11) is 1.54. The molecule has 0 aliphatic heterocycles. The van der Waals surface area contributed by atoms with Gasteiger partial charge in [-0.15, -0.1) is 0 Å². The predicted octanol–water partition coefficient (Wildman–Crippen LogP) is 3.23. The van der Waals surface area contributed by atoms with Gasteiger partial charge in [-0.25, -0.2) is 0 Å². The summed E-state index contributed by atoms with van der Waals surface area (Å²) in [4.78, 5) is 0. The second kappa shape index (κ2) is 5.57. The number of rotatable bonds is 3. The quantitative estimate of drug-likeness (QED) is 0.838. The van der Waals surface area contributed by atoms with E-state index in [1.165, 1.54) is 0 Å². The minimum atomic E-state index is 0.218. The van der Waals surface area contributed by atoms with Crippen molar-refractivity contribution in [1.82, 2.24) is 0 Å². The van der Waals surface area contributed by atoms with E-state index in [-0.39, 0.29) is 11.1 Å². The number of hydrogen-bond acceptors (Lipinski definition) is 4. The molecule has 2 rings (SSSR count). The lowest BCUT2D eigenvalue weighted by Crippen LogP contribution is -1.93. The molecule has 0 amide bonds. The van der Waals surface area contributed by atoms with Crippen LogP contribution in [0.1, 0.15) is 11.1 Å². The van der Waals surface area contributed by atoms with Crippen LogP contribution in [0.4, 0.5) is 0 Å². The maximum Gasteiger partial charge on any atom is 0.169 e. The minimum Gasteiger partial charge on any atom is -0.493 e. The fourth-order valence-electron chi connectivity index (χ4n) is 1.65. The number of nitrogens with zero attached hydrogens (tertiary/aromatic N) is 2. The lowest BCUT2D eigenvalue weighted by Gasteiger charge is -2.11. The molecule has 0 saturated carbocycles. The smallest absolute Gasteiger partial charge is 0.169 e. The molecule has 0 N–H and O–H groups in total. The Morgan fingerprint density at radius 1 is 0.842 bits per heavy atom. The average Bonchev–Trinajstić information content (AvgIpc) is 2.47. The van der Waals surface area contributed by atoms with Crippen molar-refractivity contribution in [3.63, 3.8) is 0 Å². The van der Waals surface area contributed by atoms with Crippen LogP contribution in [-0.2, 0) is 0 Å². The zero-order valence-corrected chi connectivity index (χ0v) is 10.3. The van der Waals surface area contributed by atoms with E-state index in [4.69, 9.17) is 20.0 Å². The van der Waals surface area contributed by atoms with Gasteiger partial charge in [-0.05, 0) is 24.3 Å². The number of nitriles is 2. The zero-order chi connectivity index (χ0) is 13.7. The first kappa shape index (κ1) is 12.5. The zero-order valence-electron chi connectivity index (χ0n) is 10.3. The summed E-state index contributed by atoms with van der Waals surface area (Å²) in [5, 5.41) is 18.1. The lowest BCUT2D eigenvalue weighted by molar-refractivity contribution is 0.378. The van der Waals surface area contributed by atoms with Crippen LogP contribution in [0.3, 0.4) is 0 Å². The molecular weight excluding hydrogens is 240 g/mol. The van der Waals surface area contributed by atoms with Crippen LogP contribution in [0.15, 0.2) is 42.5 Å². The van der Waals surface area contributed by atoms with E-state index in [1.54, 1.807) is 43.5 Å². The molecule has 0 saturated heterocycles. The first-order chi connectivity index (χ1) is 9.30. The lowest BCUT2D eigenvalue weighted by atomic mass is 10.1. The van der Waals surface area contributed by atoms with Crippen LogP contribution in [0, 0.1) is 22.7 Å². The van der Waals surface area contributed by atoms with Gasteiger partial charge in [-0.2, -0.15) is 10.5 Å². The van der Waals surface area contributed by atoms with Gasteiger partial charge in [0.2, 0.25) is 0 Å². The van der Waals surface area contributed by atoms with Crippen molar-refractivity contribution in [2.75, 3.05) is 7.11 Å². The van der Waals surface area contributed by atoms with Gasteiger partial charge in [0.05, 0.1) is 12.7 Å². The van der Waals surface area contributed by atoms with Crippen LogP contribution < -0.4 is 9.47 Å². The van der Waals surface area contributed by atoms with Gasteiger partial charge in [0, 0.05) is 0 Å². The molecule has 0 atom stereocenters. The number of para-hydroxylation sites is 2. The Labute approximate surface area is 111 Å². The molecule has 0 aromatic heterocycles. The molecule has 2 aromatic rings. The van der Waals surface area contributed by atoms with Crippen molar-refractivity contribution >= 4 is 0 Å². The Bertz CT molecular complexity index is 681. The van der Waals surface area contributed by atoms with Gasteiger partial charge >= 0.3 is 0 Å². The third-order valence-electron chi connectivity index (χ3n) is 2.55. The predicted molar refractivity (Wildman–Crippen MR) is 68.9 cm³/mol. The highest BCUT2D eigenvalue weighted by Gasteiger charge is 2.11.